The molecule has 0 spiro atoms. The fourth-order valence-electron chi connectivity index (χ4n) is 2.55. The first-order valence-corrected chi connectivity index (χ1v) is 8.76. The van der Waals surface area contributed by atoms with E-state index in [0.29, 0.717) is 28.0 Å². The normalized spacial score (nSPS) is 10.3. The zero-order valence-electron chi connectivity index (χ0n) is 15.6. The van der Waals surface area contributed by atoms with Crippen molar-refractivity contribution in [3.63, 3.8) is 0 Å². The smallest absolute Gasteiger partial charge is 0.276 e. The lowest BCUT2D eigenvalue weighted by Gasteiger charge is -2.17. The zero-order valence-corrected chi connectivity index (χ0v) is 16.4. The highest BCUT2D eigenvalue weighted by molar-refractivity contribution is 6.32. The van der Waals surface area contributed by atoms with Gasteiger partial charge in [-0.15, -0.1) is 10.2 Å². The number of nitrogens with one attached hydrogen (secondary N) is 1. The average Bonchev–Trinajstić information content (AvgIpc) is 2.74. The van der Waals surface area contributed by atoms with Gasteiger partial charge >= 0.3 is 0 Å². The molecule has 0 aliphatic carbocycles. The lowest BCUT2D eigenvalue weighted by atomic mass is 10.2. The Morgan fingerprint density at radius 3 is 2.32 bits per heavy atom. The number of rotatable bonds is 6. The number of methoxy groups -OCH3 is 2. The van der Waals surface area contributed by atoms with E-state index in [4.69, 9.17) is 21.1 Å². The number of halogens is 1. The number of amides is 1. The van der Waals surface area contributed by atoms with Crippen LogP contribution in [0.1, 0.15) is 10.5 Å². The summed E-state index contributed by atoms with van der Waals surface area (Å²) in [6, 6.07) is 16.2. The fourth-order valence-corrected chi connectivity index (χ4v) is 2.78. The number of carbonyl (C=O) groups excluding carboxylic acids is 1. The second-order valence-electron chi connectivity index (χ2n) is 5.81. The maximum Gasteiger partial charge on any atom is 0.276 e. The summed E-state index contributed by atoms with van der Waals surface area (Å²) in [7, 11) is 4.86. The van der Waals surface area contributed by atoms with E-state index in [1.54, 1.807) is 24.3 Å². The number of hydrogen-bond donors (Lipinski definition) is 1. The van der Waals surface area contributed by atoms with Gasteiger partial charge in [0.25, 0.3) is 5.91 Å². The first-order valence-electron chi connectivity index (χ1n) is 8.39. The number of nitrogens with zero attached hydrogens (tertiary/aromatic N) is 3. The SMILES string of the molecule is COc1cc(NC(=O)c2ccc(N(C)c3ccccc3)nn2)c(OC)cc1Cl. The van der Waals surface area contributed by atoms with E-state index in [1.807, 2.05) is 42.3 Å². The number of aromatic nitrogens is 2. The maximum absolute atomic E-state index is 12.6. The second-order valence-corrected chi connectivity index (χ2v) is 6.22. The molecule has 1 aromatic heterocycles. The summed E-state index contributed by atoms with van der Waals surface area (Å²) in [5, 5.41) is 11.3. The van der Waals surface area contributed by atoms with Gasteiger partial charge in [-0.3, -0.25) is 4.79 Å². The summed E-state index contributed by atoms with van der Waals surface area (Å²) in [5.41, 5.74) is 1.55. The van der Waals surface area contributed by atoms with Gasteiger partial charge in [0.2, 0.25) is 0 Å². The van der Waals surface area contributed by atoms with E-state index in [9.17, 15) is 4.79 Å². The Kier molecular flexibility index (Phi) is 5.96. The maximum atomic E-state index is 12.6. The van der Waals surface area contributed by atoms with Crippen molar-refractivity contribution in [2.45, 2.75) is 0 Å². The van der Waals surface area contributed by atoms with Crippen LogP contribution in [-0.2, 0) is 0 Å². The third kappa shape index (κ3) is 4.15. The number of benzene rings is 2. The van der Waals surface area contributed by atoms with Gasteiger partial charge in [-0.1, -0.05) is 29.8 Å². The summed E-state index contributed by atoms with van der Waals surface area (Å²) in [5.74, 6) is 1.02. The molecule has 0 aliphatic rings. The first kappa shape index (κ1) is 19.4. The van der Waals surface area contributed by atoms with Gasteiger partial charge in [-0.25, -0.2) is 0 Å². The number of carbonyl (C=O) groups is 1. The van der Waals surface area contributed by atoms with Crippen molar-refractivity contribution >= 4 is 34.7 Å². The van der Waals surface area contributed by atoms with Crippen LogP contribution in [0.2, 0.25) is 5.02 Å². The van der Waals surface area contributed by atoms with Gasteiger partial charge in [-0.05, 0) is 24.3 Å². The number of anilines is 3. The molecule has 1 amide bonds. The zero-order chi connectivity index (χ0) is 20.1. The number of para-hydroxylation sites is 1. The Morgan fingerprint density at radius 2 is 1.71 bits per heavy atom. The lowest BCUT2D eigenvalue weighted by Crippen LogP contribution is -2.17. The summed E-state index contributed by atoms with van der Waals surface area (Å²) < 4.78 is 10.4. The van der Waals surface area contributed by atoms with Crippen LogP contribution in [0, 0.1) is 0 Å². The van der Waals surface area contributed by atoms with Crippen LogP contribution >= 0.6 is 11.6 Å². The molecule has 0 aliphatic heterocycles. The third-order valence-electron chi connectivity index (χ3n) is 4.09. The molecule has 28 heavy (non-hydrogen) atoms. The van der Waals surface area contributed by atoms with Gasteiger partial charge in [0, 0.05) is 24.9 Å². The summed E-state index contributed by atoms with van der Waals surface area (Å²) in [6.45, 7) is 0. The van der Waals surface area contributed by atoms with E-state index in [2.05, 4.69) is 15.5 Å². The van der Waals surface area contributed by atoms with Crippen molar-refractivity contribution < 1.29 is 14.3 Å². The van der Waals surface area contributed by atoms with E-state index in [0.717, 1.165) is 5.69 Å². The van der Waals surface area contributed by atoms with Crippen LogP contribution in [0.25, 0.3) is 0 Å². The fraction of sp³-hybridized carbons (Fsp3) is 0.150. The van der Waals surface area contributed by atoms with Crippen LogP contribution in [0.3, 0.4) is 0 Å². The Bertz CT molecular complexity index is 965. The van der Waals surface area contributed by atoms with Crippen molar-refractivity contribution in [3.05, 3.63) is 65.3 Å². The Balaban J connectivity index is 1.79. The molecule has 0 saturated heterocycles. The number of hydrogen-bond acceptors (Lipinski definition) is 6. The molecule has 3 aromatic rings. The molecule has 0 bridgehead atoms. The Labute approximate surface area is 167 Å². The quantitative estimate of drug-likeness (QED) is 0.671. The van der Waals surface area contributed by atoms with Gasteiger partial charge in [0.15, 0.2) is 11.5 Å². The minimum atomic E-state index is -0.427. The van der Waals surface area contributed by atoms with E-state index in [1.165, 1.54) is 14.2 Å². The topological polar surface area (TPSA) is 76.6 Å². The predicted molar refractivity (Wildman–Crippen MR) is 109 cm³/mol. The molecule has 8 heteroatoms. The second kappa shape index (κ2) is 8.58. The highest BCUT2D eigenvalue weighted by Crippen LogP contribution is 2.36. The van der Waals surface area contributed by atoms with Gasteiger partial charge in [0.05, 0.1) is 24.9 Å². The molecule has 1 N–H and O–H groups in total. The van der Waals surface area contributed by atoms with Gasteiger partial charge in [-0.2, -0.15) is 0 Å². The van der Waals surface area contributed by atoms with Gasteiger partial charge in [0.1, 0.15) is 11.5 Å². The van der Waals surface area contributed by atoms with Crippen molar-refractivity contribution in [2.24, 2.45) is 0 Å². The molecule has 3 rings (SSSR count). The van der Waals surface area contributed by atoms with Crippen LogP contribution < -0.4 is 19.7 Å². The van der Waals surface area contributed by atoms with Crippen LogP contribution in [0.4, 0.5) is 17.2 Å². The van der Waals surface area contributed by atoms with Crippen molar-refractivity contribution in [3.8, 4) is 11.5 Å². The van der Waals surface area contributed by atoms with E-state index < -0.39 is 5.91 Å². The van der Waals surface area contributed by atoms with Crippen LogP contribution in [0.5, 0.6) is 11.5 Å². The molecular weight excluding hydrogens is 380 g/mol. The van der Waals surface area contributed by atoms with Crippen LogP contribution in [0.15, 0.2) is 54.6 Å². The third-order valence-corrected chi connectivity index (χ3v) is 4.39. The largest absolute Gasteiger partial charge is 0.495 e. The molecule has 7 nitrogen and oxygen atoms in total. The summed E-state index contributed by atoms with van der Waals surface area (Å²) >= 11 is 6.09. The molecule has 0 saturated carbocycles. The molecule has 0 atom stereocenters. The number of ether oxygens (including phenoxy) is 2. The summed E-state index contributed by atoms with van der Waals surface area (Å²) in [6.07, 6.45) is 0. The van der Waals surface area contributed by atoms with E-state index >= 15 is 0 Å². The average molecular weight is 399 g/mol. The first-order chi connectivity index (χ1) is 13.5. The van der Waals surface area contributed by atoms with Gasteiger partial charge < -0.3 is 19.7 Å². The molecule has 2 aromatic carbocycles. The molecule has 1 heterocycles. The monoisotopic (exact) mass is 398 g/mol. The minimum Gasteiger partial charge on any atom is -0.495 e. The van der Waals surface area contributed by atoms with Crippen molar-refractivity contribution in [1.29, 1.82) is 0 Å². The minimum absolute atomic E-state index is 0.168. The molecule has 0 unspecified atom stereocenters. The van der Waals surface area contributed by atoms with Crippen molar-refractivity contribution in [1.82, 2.24) is 10.2 Å². The molecular formula is C20H19ClN4O3. The molecule has 144 valence electrons. The van der Waals surface area contributed by atoms with Crippen molar-refractivity contribution in [2.75, 3.05) is 31.5 Å². The predicted octanol–water partition coefficient (Wildman–Crippen LogP) is 4.17. The molecule has 0 radical (unpaired) electrons. The highest BCUT2D eigenvalue weighted by Gasteiger charge is 2.15. The van der Waals surface area contributed by atoms with Crippen LogP contribution in [-0.4, -0.2) is 37.4 Å². The summed E-state index contributed by atoms with van der Waals surface area (Å²) in [4.78, 5) is 14.4. The lowest BCUT2D eigenvalue weighted by molar-refractivity contribution is 0.102. The molecule has 0 fully saturated rings. The highest BCUT2D eigenvalue weighted by atomic mass is 35.5. The van der Waals surface area contributed by atoms with E-state index in [-0.39, 0.29) is 5.69 Å². The standard InChI is InChI=1S/C20H19ClN4O3/c1-25(13-7-5-4-6-8-13)19-10-9-15(23-24-19)20(26)22-16-12-17(27-2)14(21)11-18(16)28-3/h4-12H,1-3H3,(H,22,26). The Hall–Kier alpha value is -3.32. The Morgan fingerprint density at radius 1 is 1.00 bits per heavy atom.